The number of rotatable bonds is 5. The summed E-state index contributed by atoms with van der Waals surface area (Å²) in [5.41, 5.74) is 0. The van der Waals surface area contributed by atoms with Crippen molar-refractivity contribution < 1.29 is 9.90 Å². The van der Waals surface area contributed by atoms with Gasteiger partial charge in [0.1, 0.15) is 0 Å². The van der Waals surface area contributed by atoms with E-state index in [2.05, 4.69) is 5.32 Å². The second-order valence-corrected chi connectivity index (χ2v) is 1.85. The van der Waals surface area contributed by atoms with Crippen molar-refractivity contribution in [3.63, 3.8) is 0 Å². The topological polar surface area (TPSA) is 49.3 Å². The average Bonchev–Trinajstić information content (AvgIpc) is 1.80. The van der Waals surface area contributed by atoms with E-state index in [1.54, 1.807) is 0 Å². The first kappa shape index (κ1) is 12.4. The zero-order chi connectivity index (χ0) is 7.11. The summed E-state index contributed by atoms with van der Waals surface area (Å²) in [7, 11) is 0. The molecular formula is C6H14ClNO2. The van der Waals surface area contributed by atoms with Crippen LogP contribution in [0.1, 0.15) is 19.8 Å². The molecule has 0 aliphatic heterocycles. The lowest BCUT2D eigenvalue weighted by atomic mass is 10.3. The van der Waals surface area contributed by atoms with Gasteiger partial charge in [-0.15, -0.1) is 12.4 Å². The van der Waals surface area contributed by atoms with Crippen molar-refractivity contribution in [1.29, 1.82) is 0 Å². The van der Waals surface area contributed by atoms with E-state index in [-0.39, 0.29) is 18.8 Å². The van der Waals surface area contributed by atoms with Gasteiger partial charge in [-0.2, -0.15) is 0 Å². The van der Waals surface area contributed by atoms with Gasteiger partial charge in [0, 0.05) is 6.42 Å². The Morgan fingerprint density at radius 3 is 2.60 bits per heavy atom. The van der Waals surface area contributed by atoms with Crippen LogP contribution < -0.4 is 5.32 Å². The Balaban J connectivity index is 0. The van der Waals surface area contributed by atoms with Crippen molar-refractivity contribution in [3.05, 3.63) is 0 Å². The zero-order valence-corrected chi connectivity index (χ0v) is 6.91. The lowest BCUT2D eigenvalue weighted by molar-refractivity contribution is -0.137. The highest BCUT2D eigenvalue weighted by molar-refractivity contribution is 5.85. The van der Waals surface area contributed by atoms with Gasteiger partial charge in [-0.05, 0) is 19.5 Å². The third kappa shape index (κ3) is 10.7. The molecule has 0 spiro atoms. The summed E-state index contributed by atoms with van der Waals surface area (Å²) in [6.45, 7) is 3.73. The van der Waals surface area contributed by atoms with Gasteiger partial charge in [0.15, 0.2) is 0 Å². The fourth-order valence-corrected chi connectivity index (χ4v) is 0.541. The predicted octanol–water partition coefficient (Wildman–Crippen LogP) is 0.882. The summed E-state index contributed by atoms with van der Waals surface area (Å²) in [4.78, 5) is 9.93. The van der Waals surface area contributed by atoms with E-state index in [0.717, 1.165) is 19.5 Å². The fraction of sp³-hybridized carbons (Fsp3) is 0.833. The van der Waals surface area contributed by atoms with Crippen LogP contribution in [0.25, 0.3) is 0 Å². The molecule has 0 amide bonds. The van der Waals surface area contributed by atoms with Crippen molar-refractivity contribution in [2.75, 3.05) is 13.1 Å². The second-order valence-electron chi connectivity index (χ2n) is 1.85. The minimum atomic E-state index is -0.715. The first-order chi connectivity index (χ1) is 4.27. The summed E-state index contributed by atoms with van der Waals surface area (Å²) >= 11 is 0. The van der Waals surface area contributed by atoms with Crippen molar-refractivity contribution in [2.45, 2.75) is 19.8 Å². The molecule has 0 aromatic heterocycles. The number of hydrogen-bond acceptors (Lipinski definition) is 2. The molecule has 0 saturated carbocycles. The Bertz CT molecular complexity index is 87.8. The normalized spacial score (nSPS) is 8.50. The van der Waals surface area contributed by atoms with Gasteiger partial charge < -0.3 is 10.4 Å². The SMILES string of the molecule is CCNCCCC(=O)O.Cl. The van der Waals surface area contributed by atoms with E-state index in [4.69, 9.17) is 5.11 Å². The van der Waals surface area contributed by atoms with Gasteiger partial charge in [-0.3, -0.25) is 4.79 Å². The van der Waals surface area contributed by atoms with E-state index >= 15 is 0 Å². The van der Waals surface area contributed by atoms with Gasteiger partial charge in [0.2, 0.25) is 0 Å². The van der Waals surface area contributed by atoms with E-state index in [9.17, 15) is 4.79 Å². The van der Waals surface area contributed by atoms with Crippen molar-refractivity contribution >= 4 is 18.4 Å². The molecule has 0 heterocycles. The molecule has 3 nitrogen and oxygen atoms in total. The van der Waals surface area contributed by atoms with Crippen LogP contribution in [0, 0.1) is 0 Å². The van der Waals surface area contributed by atoms with Gasteiger partial charge in [0.25, 0.3) is 0 Å². The van der Waals surface area contributed by atoms with Crippen LogP contribution in [0.5, 0.6) is 0 Å². The number of carbonyl (C=O) groups is 1. The van der Waals surface area contributed by atoms with Gasteiger partial charge in [0.05, 0.1) is 0 Å². The third-order valence-corrected chi connectivity index (χ3v) is 0.994. The molecule has 0 saturated heterocycles. The van der Waals surface area contributed by atoms with Crippen LogP contribution in [0.3, 0.4) is 0 Å². The Hall–Kier alpha value is -0.280. The molecule has 0 fully saturated rings. The molecular weight excluding hydrogens is 154 g/mol. The van der Waals surface area contributed by atoms with E-state index in [1.165, 1.54) is 0 Å². The molecule has 0 aromatic carbocycles. The highest BCUT2D eigenvalue weighted by Crippen LogP contribution is 1.84. The minimum Gasteiger partial charge on any atom is -0.481 e. The Morgan fingerprint density at radius 1 is 1.60 bits per heavy atom. The third-order valence-electron chi connectivity index (χ3n) is 0.994. The van der Waals surface area contributed by atoms with E-state index in [1.807, 2.05) is 6.92 Å². The highest BCUT2D eigenvalue weighted by atomic mass is 35.5. The molecule has 0 atom stereocenters. The first-order valence-corrected chi connectivity index (χ1v) is 3.20. The second kappa shape index (κ2) is 8.72. The van der Waals surface area contributed by atoms with Crippen LogP contribution in [0.2, 0.25) is 0 Å². The lowest BCUT2D eigenvalue weighted by Gasteiger charge is -1.96. The maximum absolute atomic E-state index is 9.93. The molecule has 0 unspecified atom stereocenters. The number of aliphatic carboxylic acids is 1. The van der Waals surface area contributed by atoms with Crippen LogP contribution >= 0.6 is 12.4 Å². The van der Waals surface area contributed by atoms with Crippen LogP contribution in [-0.2, 0) is 4.79 Å². The molecule has 0 radical (unpaired) electrons. The Morgan fingerprint density at radius 2 is 2.20 bits per heavy atom. The zero-order valence-electron chi connectivity index (χ0n) is 6.09. The maximum Gasteiger partial charge on any atom is 0.303 e. The molecule has 62 valence electrons. The standard InChI is InChI=1S/C6H13NO2.ClH/c1-2-7-5-3-4-6(8)9;/h7H,2-5H2,1H3,(H,8,9);1H. The van der Waals surface area contributed by atoms with Crippen molar-refractivity contribution in [2.24, 2.45) is 0 Å². The molecule has 4 heteroatoms. The summed E-state index contributed by atoms with van der Waals surface area (Å²) < 4.78 is 0. The van der Waals surface area contributed by atoms with E-state index < -0.39 is 5.97 Å². The number of halogens is 1. The summed E-state index contributed by atoms with van der Waals surface area (Å²) in [5, 5.41) is 11.2. The monoisotopic (exact) mass is 167 g/mol. The van der Waals surface area contributed by atoms with Crippen molar-refractivity contribution in [3.8, 4) is 0 Å². The summed E-state index contributed by atoms with van der Waals surface area (Å²) in [6, 6.07) is 0. The predicted molar refractivity (Wildman–Crippen MR) is 42.7 cm³/mol. The minimum absolute atomic E-state index is 0. The first-order valence-electron chi connectivity index (χ1n) is 3.20. The molecule has 0 aliphatic rings. The molecule has 0 aromatic rings. The number of nitrogens with one attached hydrogen (secondary N) is 1. The fourth-order valence-electron chi connectivity index (χ4n) is 0.541. The molecule has 0 aliphatic carbocycles. The summed E-state index contributed by atoms with van der Waals surface area (Å²) in [6.07, 6.45) is 0.996. The van der Waals surface area contributed by atoms with Crippen molar-refractivity contribution in [1.82, 2.24) is 5.32 Å². The number of carboxylic acid groups (broad SMARTS) is 1. The van der Waals surface area contributed by atoms with E-state index in [0.29, 0.717) is 0 Å². The Kier molecular flexibility index (Phi) is 10.8. The molecule has 10 heavy (non-hydrogen) atoms. The number of carboxylic acids is 1. The van der Waals surface area contributed by atoms with Crippen LogP contribution in [0.4, 0.5) is 0 Å². The number of hydrogen-bond donors (Lipinski definition) is 2. The van der Waals surface area contributed by atoms with Gasteiger partial charge in [-0.1, -0.05) is 6.92 Å². The van der Waals surface area contributed by atoms with Gasteiger partial charge in [-0.25, -0.2) is 0 Å². The van der Waals surface area contributed by atoms with Crippen LogP contribution in [-0.4, -0.2) is 24.2 Å². The quantitative estimate of drug-likeness (QED) is 0.598. The average molecular weight is 168 g/mol. The lowest BCUT2D eigenvalue weighted by Crippen LogP contribution is -2.14. The largest absolute Gasteiger partial charge is 0.481 e. The molecule has 2 N–H and O–H groups in total. The molecule has 0 bridgehead atoms. The van der Waals surface area contributed by atoms with Crippen LogP contribution in [0.15, 0.2) is 0 Å². The highest BCUT2D eigenvalue weighted by Gasteiger charge is 1.93. The molecule has 0 rings (SSSR count). The maximum atomic E-state index is 9.93. The van der Waals surface area contributed by atoms with Gasteiger partial charge >= 0.3 is 5.97 Å². The summed E-state index contributed by atoms with van der Waals surface area (Å²) in [5.74, 6) is -0.715. The smallest absolute Gasteiger partial charge is 0.303 e. The Labute approximate surface area is 67.2 Å².